The Morgan fingerprint density at radius 2 is 2.19 bits per heavy atom. The van der Waals surface area contributed by atoms with E-state index in [1.807, 2.05) is 6.92 Å². The van der Waals surface area contributed by atoms with Gasteiger partial charge in [0, 0.05) is 12.7 Å². The number of hydrogen-bond donors (Lipinski definition) is 1. The maximum Gasteiger partial charge on any atom is 0.186 e. The fourth-order valence-corrected chi connectivity index (χ4v) is 1.47. The van der Waals surface area contributed by atoms with Crippen LogP contribution in [0.4, 0.5) is 10.2 Å². The van der Waals surface area contributed by atoms with Crippen molar-refractivity contribution >= 4 is 5.82 Å². The number of nitrogens with two attached hydrogens (primary N) is 1. The number of hydrogen-bond acceptors (Lipinski definition) is 4. The third kappa shape index (κ3) is 1.62. The molecule has 0 saturated heterocycles. The minimum Gasteiger partial charge on any atom is -0.381 e. The molecule has 0 unspecified atom stereocenters. The molecule has 0 amide bonds. The van der Waals surface area contributed by atoms with Crippen molar-refractivity contribution in [2.75, 3.05) is 5.73 Å². The molecular formula is C10H12FN5. The van der Waals surface area contributed by atoms with E-state index in [2.05, 4.69) is 15.1 Å². The number of nitrogens with zero attached hydrogens (tertiary/aromatic N) is 4. The van der Waals surface area contributed by atoms with Crippen LogP contribution in [0.15, 0.2) is 12.3 Å². The van der Waals surface area contributed by atoms with Crippen molar-refractivity contribution in [1.29, 1.82) is 0 Å². The third-order valence-corrected chi connectivity index (χ3v) is 2.29. The standard InChI is InChI=1S/C10H12FN5/c1-3-16-7(4-5-13-16)10-14-6(2)8(11)9(12)15-10/h4-5H,3H2,1-2H3,(H2,12,14,15). The number of rotatable bonds is 2. The highest BCUT2D eigenvalue weighted by Crippen LogP contribution is 2.18. The van der Waals surface area contributed by atoms with Gasteiger partial charge in [0.1, 0.15) is 5.69 Å². The first kappa shape index (κ1) is 10.5. The van der Waals surface area contributed by atoms with Gasteiger partial charge in [-0.05, 0) is 19.9 Å². The maximum atomic E-state index is 13.3. The van der Waals surface area contributed by atoms with E-state index in [1.54, 1.807) is 23.9 Å². The quantitative estimate of drug-likeness (QED) is 0.831. The van der Waals surface area contributed by atoms with Crippen LogP contribution in [0, 0.1) is 12.7 Å². The lowest BCUT2D eigenvalue weighted by Gasteiger charge is -2.06. The highest BCUT2D eigenvalue weighted by atomic mass is 19.1. The first-order valence-electron chi connectivity index (χ1n) is 4.95. The summed E-state index contributed by atoms with van der Waals surface area (Å²) in [7, 11) is 0. The summed E-state index contributed by atoms with van der Waals surface area (Å²) in [5.41, 5.74) is 6.44. The van der Waals surface area contributed by atoms with Gasteiger partial charge >= 0.3 is 0 Å². The van der Waals surface area contributed by atoms with Gasteiger partial charge in [0.15, 0.2) is 17.5 Å². The number of halogens is 1. The molecule has 0 saturated carbocycles. The molecular weight excluding hydrogens is 209 g/mol. The first-order chi connectivity index (χ1) is 7.63. The molecule has 0 aliphatic rings. The Balaban J connectivity index is 2.57. The Hall–Kier alpha value is -1.98. The van der Waals surface area contributed by atoms with Crippen molar-refractivity contribution in [2.24, 2.45) is 0 Å². The van der Waals surface area contributed by atoms with Crippen molar-refractivity contribution in [2.45, 2.75) is 20.4 Å². The van der Waals surface area contributed by atoms with Crippen LogP contribution in [0.25, 0.3) is 11.5 Å². The second kappa shape index (κ2) is 3.88. The van der Waals surface area contributed by atoms with E-state index in [9.17, 15) is 4.39 Å². The van der Waals surface area contributed by atoms with Gasteiger partial charge in [-0.25, -0.2) is 14.4 Å². The summed E-state index contributed by atoms with van der Waals surface area (Å²) >= 11 is 0. The lowest BCUT2D eigenvalue weighted by Crippen LogP contribution is -2.06. The molecule has 0 aliphatic carbocycles. The van der Waals surface area contributed by atoms with E-state index in [0.717, 1.165) is 5.69 Å². The minimum atomic E-state index is -0.564. The summed E-state index contributed by atoms with van der Waals surface area (Å²) in [6, 6.07) is 1.77. The smallest absolute Gasteiger partial charge is 0.186 e. The first-order valence-corrected chi connectivity index (χ1v) is 4.95. The monoisotopic (exact) mass is 221 g/mol. The molecule has 0 spiro atoms. The molecule has 2 heterocycles. The van der Waals surface area contributed by atoms with E-state index >= 15 is 0 Å². The molecule has 5 nitrogen and oxygen atoms in total. The molecule has 2 rings (SSSR count). The molecule has 6 heteroatoms. The second-order valence-corrected chi connectivity index (χ2v) is 3.36. The van der Waals surface area contributed by atoms with Crippen molar-refractivity contribution in [1.82, 2.24) is 19.7 Å². The Bertz CT molecular complexity index is 497. The summed E-state index contributed by atoms with van der Waals surface area (Å²) < 4.78 is 15.0. The van der Waals surface area contributed by atoms with E-state index in [1.165, 1.54) is 0 Å². The van der Waals surface area contributed by atoms with E-state index in [4.69, 9.17) is 5.73 Å². The van der Waals surface area contributed by atoms with Crippen LogP contribution in [0.2, 0.25) is 0 Å². The Kier molecular flexibility index (Phi) is 2.55. The second-order valence-electron chi connectivity index (χ2n) is 3.36. The number of nitrogen functional groups attached to an aromatic ring is 1. The average molecular weight is 221 g/mol. The van der Waals surface area contributed by atoms with Gasteiger partial charge in [0.25, 0.3) is 0 Å². The zero-order valence-corrected chi connectivity index (χ0v) is 9.11. The number of aromatic nitrogens is 4. The van der Waals surface area contributed by atoms with Gasteiger partial charge < -0.3 is 5.73 Å². The topological polar surface area (TPSA) is 69.6 Å². The molecule has 2 aromatic heterocycles. The van der Waals surface area contributed by atoms with Crippen LogP contribution >= 0.6 is 0 Å². The highest BCUT2D eigenvalue weighted by Gasteiger charge is 2.12. The van der Waals surface area contributed by atoms with E-state index < -0.39 is 5.82 Å². The fraction of sp³-hybridized carbons (Fsp3) is 0.300. The predicted octanol–water partition coefficient (Wildman–Crippen LogP) is 1.39. The van der Waals surface area contributed by atoms with Gasteiger partial charge in [-0.2, -0.15) is 5.10 Å². The van der Waals surface area contributed by atoms with Gasteiger partial charge in [-0.1, -0.05) is 0 Å². The van der Waals surface area contributed by atoms with Crippen molar-refractivity contribution < 1.29 is 4.39 Å². The summed E-state index contributed by atoms with van der Waals surface area (Å²) in [5, 5.41) is 4.09. The zero-order valence-electron chi connectivity index (χ0n) is 9.11. The maximum absolute atomic E-state index is 13.3. The number of anilines is 1. The molecule has 0 radical (unpaired) electrons. The molecule has 0 aromatic carbocycles. The molecule has 0 bridgehead atoms. The Labute approximate surface area is 92.1 Å². The van der Waals surface area contributed by atoms with Crippen molar-refractivity contribution in [3.63, 3.8) is 0 Å². The van der Waals surface area contributed by atoms with Crippen LogP contribution in [0.3, 0.4) is 0 Å². The molecule has 84 valence electrons. The highest BCUT2D eigenvalue weighted by molar-refractivity contribution is 5.52. The van der Waals surface area contributed by atoms with E-state index in [-0.39, 0.29) is 11.5 Å². The van der Waals surface area contributed by atoms with Gasteiger partial charge in [-0.3, -0.25) is 4.68 Å². The number of aryl methyl sites for hydroxylation is 2. The fourth-order valence-electron chi connectivity index (χ4n) is 1.47. The molecule has 2 N–H and O–H groups in total. The predicted molar refractivity (Wildman–Crippen MR) is 58.0 cm³/mol. The molecule has 0 atom stereocenters. The molecule has 0 aliphatic heterocycles. The Morgan fingerprint density at radius 1 is 1.44 bits per heavy atom. The van der Waals surface area contributed by atoms with Gasteiger partial charge in [0.05, 0.1) is 5.69 Å². The lowest BCUT2D eigenvalue weighted by atomic mass is 10.3. The zero-order chi connectivity index (χ0) is 11.7. The van der Waals surface area contributed by atoms with Crippen molar-refractivity contribution in [3.8, 4) is 11.5 Å². The summed E-state index contributed by atoms with van der Waals surface area (Å²) in [6.45, 7) is 4.21. The van der Waals surface area contributed by atoms with Gasteiger partial charge in [-0.15, -0.1) is 0 Å². The van der Waals surface area contributed by atoms with Crippen LogP contribution in [0.1, 0.15) is 12.6 Å². The average Bonchev–Trinajstić information content (AvgIpc) is 2.73. The van der Waals surface area contributed by atoms with Crippen LogP contribution < -0.4 is 5.73 Å². The van der Waals surface area contributed by atoms with Crippen LogP contribution in [0.5, 0.6) is 0 Å². The van der Waals surface area contributed by atoms with E-state index in [0.29, 0.717) is 12.4 Å². The van der Waals surface area contributed by atoms with Crippen LogP contribution in [-0.4, -0.2) is 19.7 Å². The lowest BCUT2D eigenvalue weighted by molar-refractivity contribution is 0.606. The molecule has 16 heavy (non-hydrogen) atoms. The normalized spacial score (nSPS) is 10.7. The summed E-state index contributed by atoms with van der Waals surface area (Å²) in [4.78, 5) is 7.97. The largest absolute Gasteiger partial charge is 0.381 e. The van der Waals surface area contributed by atoms with Crippen molar-refractivity contribution in [3.05, 3.63) is 23.8 Å². The summed E-state index contributed by atoms with van der Waals surface area (Å²) in [5.74, 6) is -0.298. The molecule has 0 fully saturated rings. The minimum absolute atomic E-state index is 0.133. The van der Waals surface area contributed by atoms with Crippen LogP contribution in [-0.2, 0) is 6.54 Å². The molecule has 2 aromatic rings. The summed E-state index contributed by atoms with van der Waals surface area (Å²) in [6.07, 6.45) is 1.65. The Morgan fingerprint density at radius 3 is 2.81 bits per heavy atom. The SMILES string of the molecule is CCn1nccc1-c1nc(C)c(F)c(N)n1. The van der Waals surface area contributed by atoms with Gasteiger partial charge in [0.2, 0.25) is 0 Å². The third-order valence-electron chi connectivity index (χ3n) is 2.29.